The summed E-state index contributed by atoms with van der Waals surface area (Å²) >= 11 is 3.46. The minimum atomic E-state index is -4.09. The average molecular weight is 615 g/mol. The topological polar surface area (TPSA) is 86.8 Å². The molecule has 1 N–H and O–H groups in total. The molecule has 0 aliphatic rings. The molecule has 39 heavy (non-hydrogen) atoms. The minimum Gasteiger partial charge on any atom is -0.354 e. The maximum atomic E-state index is 14.0. The SMILES string of the molecule is Cc1ccc(N(CC(=O)N(Cc2cccc(Br)c2)[C@H](C)C(=O)NCC(C)C)S(=O)(=O)c2ccccc2)c(C)c1. The highest BCUT2D eigenvalue weighted by Crippen LogP contribution is 2.28. The van der Waals surface area contributed by atoms with Crippen LogP contribution < -0.4 is 9.62 Å². The summed E-state index contributed by atoms with van der Waals surface area (Å²) in [5.41, 5.74) is 2.93. The van der Waals surface area contributed by atoms with Crippen molar-refractivity contribution in [3.05, 3.63) is 94.0 Å². The van der Waals surface area contributed by atoms with Crippen molar-refractivity contribution in [3.63, 3.8) is 0 Å². The molecule has 0 spiro atoms. The van der Waals surface area contributed by atoms with E-state index in [9.17, 15) is 18.0 Å². The molecular weight excluding hydrogens is 578 g/mol. The maximum Gasteiger partial charge on any atom is 0.264 e. The number of anilines is 1. The summed E-state index contributed by atoms with van der Waals surface area (Å²) in [7, 11) is -4.09. The monoisotopic (exact) mass is 613 g/mol. The molecule has 3 aromatic carbocycles. The van der Waals surface area contributed by atoms with Crippen molar-refractivity contribution < 1.29 is 18.0 Å². The van der Waals surface area contributed by atoms with Crippen molar-refractivity contribution in [2.45, 2.75) is 52.1 Å². The number of hydrogen-bond acceptors (Lipinski definition) is 4. The number of benzene rings is 3. The third-order valence-corrected chi connectivity index (χ3v) is 8.59. The van der Waals surface area contributed by atoms with Crippen molar-refractivity contribution in [2.24, 2.45) is 5.92 Å². The normalized spacial score (nSPS) is 12.2. The molecule has 0 heterocycles. The van der Waals surface area contributed by atoms with Crippen LogP contribution in [-0.2, 0) is 26.2 Å². The number of amides is 2. The van der Waals surface area contributed by atoms with Crippen LogP contribution in [0.25, 0.3) is 0 Å². The first-order chi connectivity index (χ1) is 18.4. The molecule has 9 heteroatoms. The van der Waals surface area contributed by atoms with Gasteiger partial charge in [-0.05, 0) is 68.1 Å². The van der Waals surface area contributed by atoms with Crippen molar-refractivity contribution >= 4 is 43.5 Å². The molecule has 3 rings (SSSR count). The van der Waals surface area contributed by atoms with Gasteiger partial charge in [-0.1, -0.05) is 77.8 Å². The summed E-state index contributed by atoms with van der Waals surface area (Å²) in [4.78, 5) is 28.6. The van der Waals surface area contributed by atoms with Gasteiger partial charge in [0, 0.05) is 17.6 Å². The highest BCUT2D eigenvalue weighted by atomic mass is 79.9. The van der Waals surface area contributed by atoms with E-state index in [1.165, 1.54) is 17.0 Å². The number of rotatable bonds is 11. The highest BCUT2D eigenvalue weighted by Gasteiger charge is 2.33. The maximum absolute atomic E-state index is 14.0. The van der Waals surface area contributed by atoms with Crippen molar-refractivity contribution in [2.75, 3.05) is 17.4 Å². The molecule has 0 fully saturated rings. The van der Waals surface area contributed by atoms with Gasteiger partial charge in [0.15, 0.2) is 0 Å². The smallest absolute Gasteiger partial charge is 0.264 e. The number of nitrogens with zero attached hydrogens (tertiary/aromatic N) is 2. The van der Waals surface area contributed by atoms with Crippen molar-refractivity contribution in [1.82, 2.24) is 10.2 Å². The molecule has 208 valence electrons. The number of aryl methyl sites for hydroxylation is 2. The van der Waals surface area contributed by atoms with Gasteiger partial charge in [-0.15, -0.1) is 0 Å². The average Bonchev–Trinajstić information content (AvgIpc) is 2.89. The van der Waals surface area contributed by atoms with E-state index in [-0.39, 0.29) is 23.3 Å². The van der Waals surface area contributed by atoms with E-state index in [4.69, 9.17) is 0 Å². The number of carbonyl (C=O) groups excluding carboxylic acids is 2. The van der Waals surface area contributed by atoms with Crippen LogP contribution in [-0.4, -0.2) is 44.3 Å². The Morgan fingerprint density at radius 2 is 1.62 bits per heavy atom. The van der Waals surface area contributed by atoms with E-state index in [0.717, 1.165) is 25.5 Å². The molecule has 0 saturated heterocycles. The van der Waals surface area contributed by atoms with Gasteiger partial charge in [-0.25, -0.2) is 8.42 Å². The van der Waals surface area contributed by atoms with Crippen molar-refractivity contribution in [1.29, 1.82) is 0 Å². The molecule has 0 radical (unpaired) electrons. The molecule has 7 nitrogen and oxygen atoms in total. The first kappa shape index (κ1) is 30.4. The van der Waals surface area contributed by atoms with Crippen LogP contribution in [0.2, 0.25) is 0 Å². The van der Waals surface area contributed by atoms with Gasteiger partial charge in [-0.3, -0.25) is 13.9 Å². The first-order valence-corrected chi connectivity index (χ1v) is 15.1. The van der Waals surface area contributed by atoms with Crippen LogP contribution >= 0.6 is 15.9 Å². The number of nitrogens with one attached hydrogen (secondary N) is 1. The van der Waals surface area contributed by atoms with E-state index in [1.807, 2.05) is 64.1 Å². The summed E-state index contributed by atoms with van der Waals surface area (Å²) in [6, 6.07) is 20.1. The van der Waals surface area contributed by atoms with Gasteiger partial charge in [0.05, 0.1) is 10.6 Å². The highest BCUT2D eigenvalue weighted by molar-refractivity contribution is 9.10. The molecule has 0 saturated carbocycles. The lowest BCUT2D eigenvalue weighted by Crippen LogP contribution is -2.51. The predicted octanol–water partition coefficient (Wildman–Crippen LogP) is 5.45. The molecule has 0 aliphatic heterocycles. The van der Waals surface area contributed by atoms with E-state index in [1.54, 1.807) is 31.2 Å². The van der Waals surface area contributed by atoms with Gasteiger partial charge in [0.2, 0.25) is 11.8 Å². The number of halogens is 1. The van der Waals surface area contributed by atoms with Crippen molar-refractivity contribution in [3.8, 4) is 0 Å². The lowest BCUT2D eigenvalue weighted by Gasteiger charge is -2.32. The fraction of sp³-hybridized carbons (Fsp3) is 0.333. The lowest BCUT2D eigenvalue weighted by molar-refractivity contribution is -0.139. The Morgan fingerprint density at radius 3 is 2.23 bits per heavy atom. The van der Waals surface area contributed by atoms with Gasteiger partial charge < -0.3 is 10.2 Å². The quantitative estimate of drug-likeness (QED) is 0.311. The number of carbonyl (C=O) groups is 2. The second-order valence-electron chi connectivity index (χ2n) is 10.1. The van der Waals surface area contributed by atoms with E-state index in [2.05, 4.69) is 21.2 Å². The summed E-state index contributed by atoms with van der Waals surface area (Å²) in [6.07, 6.45) is 0. The van der Waals surface area contributed by atoms with Crippen LogP contribution in [0.3, 0.4) is 0 Å². The Bertz CT molecular complexity index is 1410. The fourth-order valence-electron chi connectivity index (χ4n) is 4.19. The Balaban J connectivity index is 2.03. The van der Waals surface area contributed by atoms with Crippen LogP contribution in [0.15, 0.2) is 82.2 Å². The van der Waals surface area contributed by atoms with Crippen LogP contribution in [0.5, 0.6) is 0 Å². The molecule has 0 aromatic heterocycles. The van der Waals surface area contributed by atoms with Gasteiger partial charge in [0.1, 0.15) is 12.6 Å². The number of sulfonamides is 1. The lowest BCUT2D eigenvalue weighted by atomic mass is 10.1. The second-order valence-corrected chi connectivity index (χ2v) is 12.9. The Hall–Kier alpha value is -3.17. The van der Waals surface area contributed by atoms with Crippen LogP contribution in [0.1, 0.15) is 37.5 Å². The minimum absolute atomic E-state index is 0.0824. The van der Waals surface area contributed by atoms with Crippen LogP contribution in [0, 0.1) is 19.8 Å². The molecule has 3 aromatic rings. The molecule has 2 amide bonds. The predicted molar refractivity (Wildman–Crippen MR) is 159 cm³/mol. The zero-order valence-corrected chi connectivity index (χ0v) is 25.4. The Labute approximate surface area is 240 Å². The Kier molecular flexibility index (Phi) is 10.3. The van der Waals surface area contributed by atoms with Gasteiger partial charge in [0.25, 0.3) is 10.0 Å². The first-order valence-electron chi connectivity index (χ1n) is 12.9. The second kappa shape index (κ2) is 13.3. The zero-order chi connectivity index (χ0) is 28.7. The molecule has 0 bridgehead atoms. The summed E-state index contributed by atoms with van der Waals surface area (Å²) in [5.74, 6) is -0.538. The standard InChI is InChI=1S/C30H36BrN3O4S/c1-21(2)18-32-30(36)24(5)33(19-25-10-9-11-26(31)17-25)29(35)20-34(28-15-14-22(3)16-23(28)4)39(37,38)27-12-7-6-8-13-27/h6-17,21,24H,18-20H2,1-5H3,(H,32,36)/t24-/m1/s1. The Morgan fingerprint density at radius 1 is 0.923 bits per heavy atom. The fourth-order valence-corrected chi connectivity index (χ4v) is 6.13. The van der Waals surface area contributed by atoms with Gasteiger partial charge >= 0.3 is 0 Å². The van der Waals surface area contributed by atoms with E-state index < -0.39 is 28.5 Å². The molecule has 1 atom stereocenters. The third kappa shape index (κ3) is 7.92. The summed E-state index contributed by atoms with van der Waals surface area (Å²) < 4.78 is 29.7. The molecule has 0 unspecified atom stereocenters. The largest absolute Gasteiger partial charge is 0.354 e. The number of hydrogen-bond donors (Lipinski definition) is 1. The third-order valence-electron chi connectivity index (χ3n) is 6.32. The van der Waals surface area contributed by atoms with E-state index in [0.29, 0.717) is 12.2 Å². The van der Waals surface area contributed by atoms with Gasteiger partial charge in [-0.2, -0.15) is 0 Å². The summed E-state index contributed by atoms with van der Waals surface area (Å²) in [5, 5.41) is 2.90. The summed E-state index contributed by atoms with van der Waals surface area (Å²) in [6.45, 7) is 9.54. The van der Waals surface area contributed by atoms with E-state index >= 15 is 0 Å². The molecule has 0 aliphatic carbocycles. The zero-order valence-electron chi connectivity index (χ0n) is 23.0. The molecular formula is C30H36BrN3O4S. The van der Waals surface area contributed by atoms with Crippen LogP contribution in [0.4, 0.5) is 5.69 Å².